The standard InChI is InChI=1S/C21H29N5O5/c1-14(19(28)30-5)24-18(27)16(11-15-9-7-6-8-10-15)26-13-23-25-17(26)12-22-20(29)31-21(2,3)4/h6-10,13-14,16H,11-12H2,1-5H3,(H,22,29)(H,24,27)/t14-,16-/m0/s1. The van der Waals surface area contributed by atoms with Gasteiger partial charge in [0.25, 0.3) is 0 Å². The summed E-state index contributed by atoms with van der Waals surface area (Å²) in [6.07, 6.45) is 1.14. The number of esters is 1. The summed E-state index contributed by atoms with van der Waals surface area (Å²) in [6.45, 7) is 6.84. The van der Waals surface area contributed by atoms with Crippen molar-refractivity contribution in [2.45, 2.75) is 58.3 Å². The summed E-state index contributed by atoms with van der Waals surface area (Å²) in [4.78, 5) is 36.8. The molecule has 0 bridgehead atoms. The molecular weight excluding hydrogens is 402 g/mol. The molecule has 1 aromatic carbocycles. The van der Waals surface area contributed by atoms with Gasteiger partial charge in [-0.1, -0.05) is 30.3 Å². The van der Waals surface area contributed by atoms with E-state index in [0.29, 0.717) is 12.2 Å². The van der Waals surface area contributed by atoms with Crippen LogP contribution in [-0.4, -0.2) is 51.5 Å². The van der Waals surface area contributed by atoms with Crippen LogP contribution in [0.3, 0.4) is 0 Å². The lowest BCUT2D eigenvalue weighted by molar-refractivity contribution is -0.144. The second-order valence-corrected chi connectivity index (χ2v) is 7.97. The molecular formula is C21H29N5O5. The van der Waals surface area contributed by atoms with Gasteiger partial charge in [-0.25, -0.2) is 9.59 Å². The van der Waals surface area contributed by atoms with Crippen LogP contribution in [0.5, 0.6) is 0 Å². The van der Waals surface area contributed by atoms with Crippen molar-refractivity contribution in [2.75, 3.05) is 7.11 Å². The molecule has 1 aromatic heterocycles. The number of alkyl carbamates (subject to hydrolysis) is 1. The van der Waals surface area contributed by atoms with Gasteiger partial charge in [0.2, 0.25) is 5.91 Å². The third-order valence-electron chi connectivity index (χ3n) is 4.26. The zero-order valence-corrected chi connectivity index (χ0v) is 18.4. The lowest BCUT2D eigenvalue weighted by atomic mass is 10.0. The van der Waals surface area contributed by atoms with E-state index in [1.807, 2.05) is 30.3 Å². The fourth-order valence-corrected chi connectivity index (χ4v) is 2.82. The Morgan fingerprint density at radius 1 is 1.16 bits per heavy atom. The SMILES string of the molecule is COC(=O)[C@H](C)NC(=O)[C@H](Cc1ccccc1)n1cnnc1CNC(=O)OC(C)(C)C. The molecule has 0 aliphatic carbocycles. The number of hydrogen-bond donors (Lipinski definition) is 2. The molecule has 0 aliphatic heterocycles. The van der Waals surface area contributed by atoms with Gasteiger partial charge in [0, 0.05) is 6.42 Å². The van der Waals surface area contributed by atoms with Crippen molar-refractivity contribution in [3.63, 3.8) is 0 Å². The first kappa shape index (κ1) is 23.8. The molecule has 0 saturated heterocycles. The average Bonchev–Trinajstić information content (AvgIpc) is 3.17. The number of nitrogens with zero attached hydrogens (tertiary/aromatic N) is 3. The predicted octanol–water partition coefficient (Wildman–Crippen LogP) is 1.76. The molecule has 2 N–H and O–H groups in total. The molecule has 10 nitrogen and oxygen atoms in total. The van der Waals surface area contributed by atoms with E-state index in [2.05, 4.69) is 25.6 Å². The average molecular weight is 431 g/mol. The van der Waals surface area contributed by atoms with Gasteiger partial charge >= 0.3 is 12.1 Å². The Labute approximate surface area is 181 Å². The molecule has 2 aromatic rings. The van der Waals surface area contributed by atoms with Crippen molar-refractivity contribution in [1.29, 1.82) is 0 Å². The number of amides is 2. The van der Waals surface area contributed by atoms with Gasteiger partial charge in [-0.2, -0.15) is 0 Å². The lowest BCUT2D eigenvalue weighted by Crippen LogP contribution is -2.44. The third-order valence-corrected chi connectivity index (χ3v) is 4.26. The Bertz CT molecular complexity index is 891. The van der Waals surface area contributed by atoms with Crippen LogP contribution in [-0.2, 0) is 32.0 Å². The quantitative estimate of drug-likeness (QED) is 0.610. The van der Waals surface area contributed by atoms with Crippen LogP contribution < -0.4 is 10.6 Å². The molecule has 0 spiro atoms. The molecule has 2 rings (SSSR count). The summed E-state index contributed by atoms with van der Waals surface area (Å²) in [6, 6.07) is 7.85. The number of rotatable bonds is 8. The van der Waals surface area contributed by atoms with Gasteiger partial charge < -0.3 is 24.7 Å². The highest BCUT2D eigenvalue weighted by Crippen LogP contribution is 2.17. The maximum Gasteiger partial charge on any atom is 0.408 e. The van der Waals surface area contributed by atoms with E-state index in [4.69, 9.17) is 4.74 Å². The summed E-state index contributed by atoms with van der Waals surface area (Å²) < 4.78 is 11.5. The number of methoxy groups -OCH3 is 1. The van der Waals surface area contributed by atoms with Gasteiger partial charge in [-0.3, -0.25) is 4.79 Å². The minimum absolute atomic E-state index is 0.0139. The minimum atomic E-state index is -0.824. The predicted molar refractivity (Wildman–Crippen MR) is 112 cm³/mol. The molecule has 2 amide bonds. The van der Waals surface area contributed by atoms with Gasteiger partial charge in [0.05, 0.1) is 13.7 Å². The van der Waals surface area contributed by atoms with Gasteiger partial charge in [0.15, 0.2) is 5.82 Å². The molecule has 0 radical (unpaired) electrons. The number of carbonyl (C=O) groups excluding carboxylic acids is 3. The van der Waals surface area contributed by atoms with Gasteiger partial charge in [-0.05, 0) is 33.3 Å². The zero-order chi connectivity index (χ0) is 23.0. The van der Waals surface area contributed by atoms with E-state index in [0.717, 1.165) is 5.56 Å². The number of carbonyl (C=O) groups is 3. The Kier molecular flexibility index (Phi) is 8.12. The molecule has 31 heavy (non-hydrogen) atoms. The van der Waals surface area contributed by atoms with E-state index in [-0.39, 0.29) is 6.54 Å². The topological polar surface area (TPSA) is 124 Å². The Morgan fingerprint density at radius 3 is 2.45 bits per heavy atom. The van der Waals surface area contributed by atoms with Crippen molar-refractivity contribution in [3.05, 3.63) is 48.0 Å². The molecule has 0 unspecified atom stereocenters. The summed E-state index contributed by atoms with van der Waals surface area (Å²) in [5.41, 5.74) is 0.269. The minimum Gasteiger partial charge on any atom is -0.467 e. The Balaban J connectivity index is 2.22. The molecule has 168 valence electrons. The first-order chi connectivity index (χ1) is 14.6. The van der Waals surface area contributed by atoms with Crippen molar-refractivity contribution in [3.8, 4) is 0 Å². The van der Waals surface area contributed by atoms with Gasteiger partial charge in [-0.15, -0.1) is 10.2 Å². The highest BCUT2D eigenvalue weighted by Gasteiger charge is 2.27. The molecule has 2 atom stereocenters. The molecule has 1 heterocycles. The molecule has 0 aliphatic rings. The van der Waals surface area contributed by atoms with Crippen LogP contribution in [0.25, 0.3) is 0 Å². The van der Waals surface area contributed by atoms with Gasteiger partial charge in [0.1, 0.15) is 24.0 Å². The van der Waals surface area contributed by atoms with Crippen LogP contribution in [0.4, 0.5) is 4.79 Å². The third kappa shape index (κ3) is 7.40. The lowest BCUT2D eigenvalue weighted by Gasteiger charge is -2.22. The number of hydrogen-bond acceptors (Lipinski definition) is 7. The first-order valence-corrected chi connectivity index (χ1v) is 9.88. The van der Waals surface area contributed by atoms with Crippen LogP contribution >= 0.6 is 0 Å². The Morgan fingerprint density at radius 2 is 1.84 bits per heavy atom. The smallest absolute Gasteiger partial charge is 0.408 e. The fourth-order valence-electron chi connectivity index (χ4n) is 2.82. The summed E-state index contributed by atoms with van der Waals surface area (Å²) in [5, 5.41) is 13.2. The Hall–Kier alpha value is -3.43. The van der Waals surface area contributed by atoms with Crippen molar-refractivity contribution in [2.24, 2.45) is 0 Å². The van der Waals surface area contributed by atoms with Crippen LogP contribution in [0.15, 0.2) is 36.7 Å². The van der Waals surface area contributed by atoms with E-state index in [9.17, 15) is 14.4 Å². The number of ether oxygens (including phenoxy) is 2. The number of nitrogens with one attached hydrogen (secondary N) is 2. The molecule has 0 fully saturated rings. The van der Waals surface area contributed by atoms with Crippen LogP contribution in [0.2, 0.25) is 0 Å². The van der Waals surface area contributed by atoms with Crippen LogP contribution in [0, 0.1) is 0 Å². The van der Waals surface area contributed by atoms with E-state index >= 15 is 0 Å². The zero-order valence-electron chi connectivity index (χ0n) is 18.4. The van der Waals surface area contributed by atoms with Crippen LogP contribution in [0.1, 0.15) is 45.1 Å². The normalized spacial score (nSPS) is 13.1. The van der Waals surface area contributed by atoms with Crippen molar-refractivity contribution < 1.29 is 23.9 Å². The van der Waals surface area contributed by atoms with E-state index in [1.165, 1.54) is 13.4 Å². The molecule has 0 saturated carbocycles. The second-order valence-electron chi connectivity index (χ2n) is 7.97. The summed E-state index contributed by atoms with van der Waals surface area (Å²) >= 11 is 0. The van der Waals surface area contributed by atoms with Crippen molar-refractivity contribution >= 4 is 18.0 Å². The number of benzene rings is 1. The maximum absolute atomic E-state index is 13.0. The largest absolute Gasteiger partial charge is 0.467 e. The van der Waals surface area contributed by atoms with Crippen molar-refractivity contribution in [1.82, 2.24) is 25.4 Å². The summed E-state index contributed by atoms with van der Waals surface area (Å²) in [5.74, 6) is -0.588. The first-order valence-electron chi connectivity index (χ1n) is 9.88. The number of aromatic nitrogens is 3. The highest BCUT2D eigenvalue weighted by molar-refractivity contribution is 5.86. The van der Waals surface area contributed by atoms with E-state index in [1.54, 1.807) is 32.3 Å². The maximum atomic E-state index is 13.0. The van der Waals surface area contributed by atoms with E-state index < -0.39 is 35.7 Å². The fraction of sp³-hybridized carbons (Fsp3) is 0.476. The monoisotopic (exact) mass is 431 g/mol. The molecule has 10 heteroatoms. The highest BCUT2D eigenvalue weighted by atomic mass is 16.6. The summed E-state index contributed by atoms with van der Waals surface area (Å²) in [7, 11) is 1.26. The second kappa shape index (κ2) is 10.6.